The molecular formula is C25H39F3N6O6. The van der Waals surface area contributed by atoms with Gasteiger partial charge < -0.3 is 35.6 Å². The van der Waals surface area contributed by atoms with Crippen LogP contribution in [0.15, 0.2) is 12.4 Å². The van der Waals surface area contributed by atoms with Gasteiger partial charge in [0.1, 0.15) is 18.0 Å². The number of carbonyl (C=O) groups excluding carboxylic acids is 2. The lowest BCUT2D eigenvalue weighted by Gasteiger charge is -2.41. The number of nitrogens with one attached hydrogen (secondary N) is 1. The normalized spacial score (nSPS) is 25.5. The Hall–Kier alpha value is -2.59. The number of aliphatic hydroxyl groups excluding tert-OH is 2. The van der Waals surface area contributed by atoms with Crippen molar-refractivity contribution in [2.75, 3.05) is 58.7 Å². The smallest absolute Gasteiger partial charge is 0.434 e. The molecular weight excluding hydrogens is 537 g/mol. The van der Waals surface area contributed by atoms with Crippen molar-refractivity contribution in [1.29, 1.82) is 0 Å². The molecule has 4 rings (SSSR count). The zero-order valence-corrected chi connectivity index (χ0v) is 22.6. The molecule has 15 heteroatoms. The molecule has 226 valence electrons. The molecule has 3 saturated heterocycles. The highest BCUT2D eigenvalue weighted by molar-refractivity contribution is 5.78. The summed E-state index contributed by atoms with van der Waals surface area (Å²) < 4.78 is 45.6. The van der Waals surface area contributed by atoms with E-state index in [1.54, 1.807) is 0 Å². The van der Waals surface area contributed by atoms with E-state index in [1.807, 2.05) is 0 Å². The highest BCUT2D eigenvalue weighted by Crippen LogP contribution is 2.27. The van der Waals surface area contributed by atoms with Crippen molar-refractivity contribution in [2.24, 2.45) is 5.92 Å². The van der Waals surface area contributed by atoms with Gasteiger partial charge in [0.25, 0.3) is 0 Å². The summed E-state index contributed by atoms with van der Waals surface area (Å²) in [6.07, 6.45) is -0.933. The van der Waals surface area contributed by atoms with E-state index in [9.17, 15) is 33.0 Å². The van der Waals surface area contributed by atoms with Crippen LogP contribution in [0.25, 0.3) is 0 Å². The number of ether oxygens (including phenoxy) is 2. The predicted octanol–water partition coefficient (Wildman–Crippen LogP) is 0.0403. The fourth-order valence-corrected chi connectivity index (χ4v) is 5.12. The molecule has 0 spiro atoms. The van der Waals surface area contributed by atoms with E-state index in [2.05, 4.69) is 25.1 Å². The molecule has 3 aliphatic heterocycles. The van der Waals surface area contributed by atoms with Crippen molar-refractivity contribution < 1.29 is 42.4 Å². The average molecular weight is 577 g/mol. The number of halogens is 3. The van der Waals surface area contributed by atoms with E-state index in [0.717, 1.165) is 58.1 Å². The third-order valence-electron chi connectivity index (χ3n) is 7.50. The zero-order valence-electron chi connectivity index (χ0n) is 22.6. The molecule has 3 unspecified atom stereocenters. The molecule has 3 aliphatic rings. The monoisotopic (exact) mass is 576 g/mol. The molecule has 0 aromatic carbocycles. The van der Waals surface area contributed by atoms with Gasteiger partial charge in [0.2, 0.25) is 5.91 Å². The first-order chi connectivity index (χ1) is 19.0. The van der Waals surface area contributed by atoms with E-state index in [0.29, 0.717) is 31.8 Å². The number of aromatic nitrogens is 2. The summed E-state index contributed by atoms with van der Waals surface area (Å²) in [5.41, 5.74) is 3.91. The minimum atomic E-state index is -4.47. The number of aliphatic hydroxyl groups is 2. The lowest BCUT2D eigenvalue weighted by atomic mass is 9.92. The number of alkyl halides is 3. The zero-order chi connectivity index (χ0) is 29.3. The first-order valence-electron chi connectivity index (χ1n) is 13.4. The third kappa shape index (κ3) is 9.51. The van der Waals surface area contributed by atoms with E-state index in [4.69, 9.17) is 15.2 Å². The van der Waals surface area contributed by atoms with Crippen LogP contribution in [0.2, 0.25) is 0 Å². The van der Waals surface area contributed by atoms with Crippen LogP contribution in [-0.4, -0.2) is 119 Å². The molecule has 0 bridgehead atoms. The Morgan fingerprint density at radius 2 is 1.80 bits per heavy atom. The Bertz CT molecular complexity index is 957. The van der Waals surface area contributed by atoms with E-state index < -0.39 is 30.2 Å². The molecule has 0 saturated carbocycles. The lowest BCUT2D eigenvalue weighted by Crippen LogP contribution is -2.52. The van der Waals surface area contributed by atoms with E-state index in [1.165, 1.54) is 7.11 Å². The summed E-state index contributed by atoms with van der Waals surface area (Å²) in [5, 5.41) is 22.6. The Labute approximate surface area is 231 Å². The predicted molar refractivity (Wildman–Crippen MR) is 137 cm³/mol. The molecule has 3 atom stereocenters. The molecule has 1 aromatic rings. The minimum Gasteiger partial charge on any atom is -0.468 e. The number of carbonyl (C=O) groups is 2. The summed E-state index contributed by atoms with van der Waals surface area (Å²) >= 11 is 0. The third-order valence-corrected chi connectivity index (χ3v) is 7.50. The largest absolute Gasteiger partial charge is 0.468 e. The Morgan fingerprint density at radius 1 is 1.12 bits per heavy atom. The number of likely N-dealkylation sites (tertiary alicyclic amines) is 2. The van der Waals surface area contributed by atoms with Crippen molar-refractivity contribution in [1.82, 2.24) is 25.1 Å². The van der Waals surface area contributed by atoms with Crippen molar-refractivity contribution in [3.05, 3.63) is 18.1 Å². The number of nitrogens with two attached hydrogens (primary N) is 1. The molecule has 0 radical (unpaired) electrons. The number of rotatable bonds is 6. The number of hydrogen-bond acceptors (Lipinski definition) is 11. The SMILES string of the molecule is COC(=O)CN1CCC(N2CCC(C(=O)NCC3OCCC(O)C3O)CC2)CC1.Nc1cncc(C(F)(F)F)n1. The molecule has 5 N–H and O–H groups in total. The number of anilines is 1. The van der Waals surface area contributed by atoms with Gasteiger partial charge in [-0.05, 0) is 45.2 Å². The number of nitrogen functional groups attached to an aromatic ring is 1. The molecule has 0 aliphatic carbocycles. The topological polar surface area (TPSA) is 163 Å². The summed E-state index contributed by atoms with van der Waals surface area (Å²) in [6.45, 7) is 4.60. The van der Waals surface area contributed by atoms with E-state index >= 15 is 0 Å². The molecule has 40 heavy (non-hydrogen) atoms. The Kier molecular flexibility index (Phi) is 11.9. The summed E-state index contributed by atoms with van der Waals surface area (Å²) in [7, 11) is 1.42. The average Bonchev–Trinajstić information content (AvgIpc) is 2.94. The van der Waals surface area contributed by atoms with Gasteiger partial charge in [-0.2, -0.15) is 13.2 Å². The van der Waals surface area contributed by atoms with Crippen molar-refractivity contribution >= 4 is 17.7 Å². The number of piperidine rings is 2. The van der Waals surface area contributed by atoms with Gasteiger partial charge in [-0.3, -0.25) is 19.5 Å². The Balaban J connectivity index is 0.000000336. The fraction of sp³-hybridized carbons (Fsp3) is 0.760. The Morgan fingerprint density at radius 3 is 2.38 bits per heavy atom. The van der Waals surface area contributed by atoms with Crippen molar-refractivity contribution in [3.63, 3.8) is 0 Å². The highest BCUT2D eigenvalue weighted by atomic mass is 19.4. The summed E-state index contributed by atoms with van der Waals surface area (Å²) in [5.74, 6) is -0.430. The summed E-state index contributed by atoms with van der Waals surface area (Å²) in [6, 6.07) is 0.514. The van der Waals surface area contributed by atoms with Crippen LogP contribution < -0.4 is 11.1 Å². The number of amides is 1. The first-order valence-corrected chi connectivity index (χ1v) is 13.4. The van der Waals surface area contributed by atoms with Crippen LogP contribution in [0.3, 0.4) is 0 Å². The number of nitrogens with zero attached hydrogens (tertiary/aromatic N) is 4. The standard InChI is InChI=1S/C20H35N3O6.C5H4F3N3/c1-28-18(25)13-22-7-4-15(5-8-22)23-9-2-14(3-10-23)20(27)21-12-17-19(26)16(24)6-11-29-17;6-5(7,8)3-1-10-2-4(9)11-3/h14-17,19,24,26H,2-13H2,1H3,(H,21,27);1-2H,(H2,9,11). The maximum atomic E-state index is 12.5. The van der Waals surface area contributed by atoms with Gasteiger partial charge in [-0.25, -0.2) is 4.98 Å². The number of hydrogen-bond donors (Lipinski definition) is 4. The van der Waals surface area contributed by atoms with E-state index in [-0.39, 0.29) is 30.2 Å². The first kappa shape index (κ1) is 31.9. The van der Waals surface area contributed by atoms with Gasteiger partial charge in [-0.1, -0.05) is 0 Å². The van der Waals surface area contributed by atoms with Crippen LogP contribution in [-0.2, 0) is 25.2 Å². The second kappa shape index (κ2) is 14.9. The van der Waals surface area contributed by atoms with Crippen LogP contribution in [0.1, 0.15) is 37.8 Å². The molecule has 1 aromatic heterocycles. The fourth-order valence-electron chi connectivity index (χ4n) is 5.12. The quantitative estimate of drug-likeness (QED) is 0.338. The van der Waals surface area contributed by atoms with Gasteiger partial charge in [-0.15, -0.1) is 0 Å². The molecule has 12 nitrogen and oxygen atoms in total. The molecule has 1 amide bonds. The lowest BCUT2D eigenvalue weighted by molar-refractivity contribution is -0.142. The maximum absolute atomic E-state index is 12.5. The summed E-state index contributed by atoms with van der Waals surface area (Å²) in [4.78, 5) is 34.8. The number of methoxy groups -OCH3 is 1. The highest BCUT2D eigenvalue weighted by Gasteiger charge is 2.34. The van der Waals surface area contributed by atoms with Crippen molar-refractivity contribution in [3.8, 4) is 0 Å². The minimum absolute atomic E-state index is 0.00779. The molecule has 4 heterocycles. The van der Waals surface area contributed by atoms with Gasteiger partial charge in [0, 0.05) is 38.2 Å². The van der Waals surface area contributed by atoms with Crippen LogP contribution >= 0.6 is 0 Å². The van der Waals surface area contributed by atoms with Gasteiger partial charge >= 0.3 is 12.1 Å². The van der Waals surface area contributed by atoms with Crippen LogP contribution in [0, 0.1) is 5.92 Å². The second-order valence-electron chi connectivity index (χ2n) is 10.2. The van der Waals surface area contributed by atoms with Crippen LogP contribution in [0.4, 0.5) is 19.0 Å². The second-order valence-corrected chi connectivity index (χ2v) is 10.2. The van der Waals surface area contributed by atoms with Gasteiger partial charge in [0.15, 0.2) is 5.69 Å². The number of esters is 1. The van der Waals surface area contributed by atoms with Crippen LogP contribution in [0.5, 0.6) is 0 Å². The maximum Gasteiger partial charge on any atom is 0.434 e. The molecule has 3 fully saturated rings. The van der Waals surface area contributed by atoms with Gasteiger partial charge in [0.05, 0.1) is 32.2 Å². The van der Waals surface area contributed by atoms with Crippen molar-refractivity contribution in [2.45, 2.75) is 62.6 Å².